The van der Waals surface area contributed by atoms with Crippen LogP contribution in [-0.4, -0.2) is 37.9 Å². The molecule has 158 valence electrons. The summed E-state index contributed by atoms with van der Waals surface area (Å²) in [4.78, 5) is 17.2. The van der Waals surface area contributed by atoms with Crippen LogP contribution >= 0.6 is 22.9 Å². The van der Waals surface area contributed by atoms with Crippen LogP contribution in [0.3, 0.4) is 0 Å². The zero-order valence-corrected chi connectivity index (χ0v) is 18.5. The van der Waals surface area contributed by atoms with Gasteiger partial charge in [0.2, 0.25) is 5.91 Å². The highest BCUT2D eigenvalue weighted by molar-refractivity contribution is 7.91. The van der Waals surface area contributed by atoms with Crippen molar-refractivity contribution in [3.8, 4) is 11.5 Å². The predicted octanol–water partition coefficient (Wildman–Crippen LogP) is 3.35. The van der Waals surface area contributed by atoms with Gasteiger partial charge in [-0.1, -0.05) is 22.9 Å². The Kier molecular flexibility index (Phi) is 5.86. The highest BCUT2D eigenvalue weighted by atomic mass is 35.5. The van der Waals surface area contributed by atoms with Gasteiger partial charge in [-0.05, 0) is 30.7 Å². The minimum absolute atomic E-state index is 0.0454. The summed E-state index contributed by atoms with van der Waals surface area (Å²) in [5.74, 6) is 0.865. The number of fused-ring (bicyclic) bond motifs is 2. The second kappa shape index (κ2) is 8.41. The zero-order chi connectivity index (χ0) is 21.3. The van der Waals surface area contributed by atoms with E-state index in [-0.39, 0.29) is 29.4 Å². The fraction of sp³-hybridized carbons (Fsp3) is 0.300. The second-order valence-electron chi connectivity index (χ2n) is 6.79. The van der Waals surface area contributed by atoms with Gasteiger partial charge in [0.05, 0.1) is 20.9 Å². The van der Waals surface area contributed by atoms with Crippen molar-refractivity contribution in [2.45, 2.75) is 17.7 Å². The number of rotatable bonds is 5. The lowest BCUT2D eigenvalue weighted by atomic mass is 10.3. The first-order chi connectivity index (χ1) is 14.3. The van der Waals surface area contributed by atoms with Gasteiger partial charge in [0.15, 0.2) is 26.1 Å². The van der Waals surface area contributed by atoms with Crippen LogP contribution in [0.25, 0.3) is 10.2 Å². The predicted molar refractivity (Wildman–Crippen MR) is 115 cm³/mol. The minimum Gasteiger partial charge on any atom is -0.486 e. The van der Waals surface area contributed by atoms with Gasteiger partial charge < -0.3 is 14.0 Å². The first-order valence-electron chi connectivity index (χ1n) is 9.28. The molecule has 1 aromatic heterocycles. The summed E-state index contributed by atoms with van der Waals surface area (Å²) >= 11 is 7.17. The second-order valence-corrected chi connectivity index (χ2v) is 10.3. The van der Waals surface area contributed by atoms with Gasteiger partial charge in [-0.2, -0.15) is 4.99 Å². The molecule has 0 fully saturated rings. The van der Waals surface area contributed by atoms with E-state index >= 15 is 0 Å². The normalized spacial score (nSPS) is 14.3. The van der Waals surface area contributed by atoms with Gasteiger partial charge in [-0.25, -0.2) is 8.42 Å². The van der Waals surface area contributed by atoms with E-state index < -0.39 is 9.84 Å². The Bertz CT molecular complexity index is 1280. The average molecular weight is 467 g/mol. The van der Waals surface area contributed by atoms with Crippen molar-refractivity contribution in [3.05, 3.63) is 46.2 Å². The molecule has 7 nitrogen and oxygen atoms in total. The van der Waals surface area contributed by atoms with Gasteiger partial charge in [0, 0.05) is 30.6 Å². The highest BCUT2D eigenvalue weighted by Gasteiger charge is 2.17. The van der Waals surface area contributed by atoms with E-state index in [1.54, 1.807) is 0 Å². The number of aryl methyl sites for hydroxylation is 1. The van der Waals surface area contributed by atoms with Crippen LogP contribution in [-0.2, 0) is 21.7 Å². The molecule has 0 unspecified atom stereocenters. The maximum Gasteiger partial charge on any atom is 0.248 e. The monoisotopic (exact) mass is 466 g/mol. The summed E-state index contributed by atoms with van der Waals surface area (Å²) < 4.78 is 38.7. The van der Waals surface area contributed by atoms with Crippen LogP contribution in [0.5, 0.6) is 11.5 Å². The van der Waals surface area contributed by atoms with Crippen molar-refractivity contribution in [3.63, 3.8) is 0 Å². The van der Waals surface area contributed by atoms with E-state index in [0.717, 1.165) is 10.2 Å². The van der Waals surface area contributed by atoms with Crippen LogP contribution in [0.1, 0.15) is 12.8 Å². The Morgan fingerprint density at radius 3 is 2.53 bits per heavy atom. The zero-order valence-electron chi connectivity index (χ0n) is 16.1. The van der Waals surface area contributed by atoms with Crippen molar-refractivity contribution < 1.29 is 22.7 Å². The Labute approximate surface area is 182 Å². The molecule has 0 saturated heterocycles. The minimum atomic E-state index is -3.47. The van der Waals surface area contributed by atoms with E-state index in [0.29, 0.717) is 34.5 Å². The molecule has 0 atom stereocenters. The standard InChI is InChI=1S/C20H19ClN2O5S2/c1-23-15-11-16-17(28-9-8-27-16)12-18(15)29-20(23)22-19(24)3-2-10-30(25,26)14-6-4-13(21)5-7-14/h4-7,11-12H,2-3,8-10H2,1H3. The maximum absolute atomic E-state index is 12.4. The molecule has 10 heteroatoms. The van der Waals surface area contributed by atoms with E-state index in [1.807, 2.05) is 23.7 Å². The quantitative estimate of drug-likeness (QED) is 0.575. The number of carbonyl (C=O) groups is 1. The lowest BCUT2D eigenvalue weighted by Gasteiger charge is -2.18. The number of hydrogen-bond acceptors (Lipinski definition) is 6. The van der Waals surface area contributed by atoms with Crippen molar-refractivity contribution in [2.75, 3.05) is 19.0 Å². The summed E-state index contributed by atoms with van der Waals surface area (Å²) in [7, 11) is -1.64. The number of carbonyl (C=O) groups excluding carboxylic acids is 1. The molecule has 0 N–H and O–H groups in total. The molecule has 0 spiro atoms. The average Bonchev–Trinajstić information content (AvgIpc) is 3.01. The third kappa shape index (κ3) is 4.38. The van der Waals surface area contributed by atoms with E-state index in [9.17, 15) is 13.2 Å². The lowest BCUT2D eigenvalue weighted by Crippen LogP contribution is -2.16. The molecule has 1 aliphatic rings. The molecule has 2 aromatic carbocycles. The van der Waals surface area contributed by atoms with Crippen molar-refractivity contribution >= 4 is 48.9 Å². The number of ether oxygens (including phenoxy) is 2. The van der Waals surface area contributed by atoms with Gasteiger partial charge in [-0.3, -0.25) is 4.79 Å². The molecule has 0 aliphatic carbocycles. The number of sulfone groups is 1. The number of halogens is 1. The van der Waals surface area contributed by atoms with Crippen molar-refractivity contribution in [1.82, 2.24) is 4.57 Å². The van der Waals surface area contributed by atoms with Gasteiger partial charge in [0.25, 0.3) is 0 Å². The van der Waals surface area contributed by atoms with E-state index in [2.05, 4.69) is 4.99 Å². The molecule has 4 rings (SSSR count). The lowest BCUT2D eigenvalue weighted by molar-refractivity contribution is -0.118. The molecular weight excluding hydrogens is 448 g/mol. The van der Waals surface area contributed by atoms with Crippen LogP contribution in [0.4, 0.5) is 0 Å². The number of aromatic nitrogens is 1. The molecule has 1 amide bonds. The Morgan fingerprint density at radius 1 is 1.17 bits per heavy atom. The molecule has 30 heavy (non-hydrogen) atoms. The topological polar surface area (TPSA) is 87.0 Å². The summed E-state index contributed by atoms with van der Waals surface area (Å²) in [5, 5.41) is 0.470. The van der Waals surface area contributed by atoms with Crippen LogP contribution in [0.15, 0.2) is 46.3 Å². The van der Waals surface area contributed by atoms with Crippen LogP contribution in [0.2, 0.25) is 5.02 Å². The fourth-order valence-electron chi connectivity index (χ4n) is 3.11. The summed E-state index contributed by atoms with van der Waals surface area (Å²) in [6.07, 6.45) is 0.238. The summed E-state index contributed by atoms with van der Waals surface area (Å²) in [6, 6.07) is 9.76. The van der Waals surface area contributed by atoms with E-state index in [1.165, 1.54) is 35.6 Å². The first kappa shape index (κ1) is 20.9. The highest BCUT2D eigenvalue weighted by Crippen LogP contribution is 2.35. The van der Waals surface area contributed by atoms with Crippen molar-refractivity contribution in [2.24, 2.45) is 12.0 Å². The number of thiazole rings is 1. The smallest absolute Gasteiger partial charge is 0.248 e. The Hall–Kier alpha value is -2.36. The largest absolute Gasteiger partial charge is 0.486 e. The van der Waals surface area contributed by atoms with Crippen LogP contribution in [0, 0.1) is 0 Å². The molecular formula is C20H19ClN2O5S2. The Morgan fingerprint density at radius 2 is 1.83 bits per heavy atom. The molecule has 2 heterocycles. The van der Waals surface area contributed by atoms with Gasteiger partial charge >= 0.3 is 0 Å². The van der Waals surface area contributed by atoms with Gasteiger partial charge in [-0.15, -0.1) is 0 Å². The number of hydrogen-bond donors (Lipinski definition) is 0. The molecule has 0 radical (unpaired) electrons. The fourth-order valence-corrected chi connectivity index (χ4v) is 5.59. The molecule has 0 bridgehead atoms. The first-order valence-corrected chi connectivity index (χ1v) is 12.1. The number of nitrogens with zero attached hydrogens (tertiary/aromatic N) is 2. The third-order valence-electron chi connectivity index (χ3n) is 4.67. The summed E-state index contributed by atoms with van der Waals surface area (Å²) in [6.45, 7) is 1.01. The summed E-state index contributed by atoms with van der Waals surface area (Å²) in [5.41, 5.74) is 0.890. The third-order valence-corrected chi connectivity index (χ3v) is 7.83. The number of amides is 1. The maximum atomic E-state index is 12.4. The van der Waals surface area contributed by atoms with Crippen molar-refractivity contribution in [1.29, 1.82) is 0 Å². The Balaban J connectivity index is 1.47. The molecule has 3 aromatic rings. The molecule has 1 aliphatic heterocycles. The molecule has 0 saturated carbocycles. The number of benzene rings is 2. The SMILES string of the molecule is Cn1c(=NC(=O)CCCS(=O)(=O)c2ccc(Cl)cc2)sc2cc3c(cc21)OCCO3. The van der Waals surface area contributed by atoms with Crippen LogP contribution < -0.4 is 14.3 Å². The van der Waals surface area contributed by atoms with Gasteiger partial charge in [0.1, 0.15) is 13.2 Å². The van der Waals surface area contributed by atoms with E-state index in [4.69, 9.17) is 21.1 Å².